The molecule has 0 aliphatic carbocycles. The van der Waals surface area contributed by atoms with Gasteiger partial charge in [0.25, 0.3) is 0 Å². The Morgan fingerprint density at radius 1 is 1.30 bits per heavy atom. The van der Waals surface area contributed by atoms with Crippen LogP contribution in [0.3, 0.4) is 0 Å². The van der Waals surface area contributed by atoms with Gasteiger partial charge in [-0.25, -0.2) is 9.67 Å². The lowest BCUT2D eigenvalue weighted by atomic mass is 10.1. The van der Waals surface area contributed by atoms with E-state index in [-0.39, 0.29) is 5.92 Å². The highest BCUT2D eigenvalue weighted by molar-refractivity contribution is 5.32. The first-order valence-electron chi connectivity index (χ1n) is 6.14. The molecule has 108 valence electrons. The van der Waals surface area contributed by atoms with E-state index in [0.29, 0.717) is 12.4 Å². The molecule has 0 unspecified atom stereocenters. The maximum atomic E-state index is 12.6. The maximum absolute atomic E-state index is 12.6. The fraction of sp³-hybridized carbons (Fsp3) is 0.385. The number of aromatic nitrogens is 3. The third kappa shape index (κ3) is 2.98. The molecule has 0 fully saturated rings. The summed E-state index contributed by atoms with van der Waals surface area (Å²) in [6.45, 7) is 4.20. The second-order valence-electron chi connectivity index (χ2n) is 4.79. The van der Waals surface area contributed by atoms with Gasteiger partial charge in [0, 0.05) is 18.4 Å². The van der Waals surface area contributed by atoms with E-state index in [4.69, 9.17) is 5.73 Å². The van der Waals surface area contributed by atoms with Crippen molar-refractivity contribution in [1.82, 2.24) is 14.8 Å². The normalized spacial score (nSPS) is 12.2. The Balaban J connectivity index is 2.46. The highest BCUT2D eigenvalue weighted by atomic mass is 19.4. The summed E-state index contributed by atoms with van der Waals surface area (Å²) in [7, 11) is 0. The molecule has 2 rings (SSSR count). The quantitative estimate of drug-likeness (QED) is 0.943. The van der Waals surface area contributed by atoms with Crippen LogP contribution in [0.4, 0.5) is 13.2 Å². The van der Waals surface area contributed by atoms with Crippen molar-refractivity contribution in [1.29, 1.82) is 0 Å². The van der Waals surface area contributed by atoms with Crippen LogP contribution < -0.4 is 5.73 Å². The largest absolute Gasteiger partial charge is 0.419 e. The Morgan fingerprint density at radius 2 is 2.00 bits per heavy atom. The van der Waals surface area contributed by atoms with Gasteiger partial charge in [0.2, 0.25) is 0 Å². The van der Waals surface area contributed by atoms with E-state index in [1.165, 1.54) is 0 Å². The molecular weight excluding hydrogens is 269 g/mol. The number of alkyl halides is 3. The molecule has 0 amide bonds. The number of hydrogen-bond donors (Lipinski definition) is 1. The fourth-order valence-electron chi connectivity index (χ4n) is 1.72. The van der Waals surface area contributed by atoms with Crippen molar-refractivity contribution in [2.24, 2.45) is 5.73 Å². The summed E-state index contributed by atoms with van der Waals surface area (Å²) in [6.07, 6.45) is -2.71. The van der Waals surface area contributed by atoms with Gasteiger partial charge in [-0.2, -0.15) is 18.3 Å². The molecule has 4 nitrogen and oxygen atoms in total. The van der Waals surface area contributed by atoms with Crippen molar-refractivity contribution in [2.75, 3.05) is 0 Å². The van der Waals surface area contributed by atoms with E-state index in [9.17, 15) is 13.2 Å². The first-order chi connectivity index (χ1) is 9.31. The van der Waals surface area contributed by atoms with Gasteiger partial charge in [0.1, 0.15) is 0 Å². The molecule has 0 atom stereocenters. The third-order valence-electron chi connectivity index (χ3n) is 2.86. The lowest BCUT2D eigenvalue weighted by molar-refractivity contribution is -0.137. The van der Waals surface area contributed by atoms with E-state index in [1.807, 2.05) is 19.9 Å². The molecule has 2 aromatic heterocycles. The maximum Gasteiger partial charge on any atom is 0.419 e. The number of pyridine rings is 1. The van der Waals surface area contributed by atoms with Crippen LogP contribution in [0.5, 0.6) is 0 Å². The zero-order valence-corrected chi connectivity index (χ0v) is 11.1. The van der Waals surface area contributed by atoms with Crippen LogP contribution in [0.1, 0.15) is 36.6 Å². The Labute approximate surface area is 114 Å². The highest BCUT2D eigenvalue weighted by Gasteiger charge is 2.32. The number of nitrogens with zero attached hydrogens (tertiary/aromatic N) is 3. The summed E-state index contributed by atoms with van der Waals surface area (Å²) in [6, 6.07) is 3.49. The molecule has 0 spiro atoms. The Morgan fingerprint density at radius 3 is 2.50 bits per heavy atom. The van der Waals surface area contributed by atoms with E-state index < -0.39 is 11.7 Å². The SMILES string of the molecule is CC(C)c1cc(CN)cc(-n2cc(C(F)(F)F)cn2)n1. The average Bonchev–Trinajstić information content (AvgIpc) is 2.87. The number of hydrogen-bond acceptors (Lipinski definition) is 3. The number of nitrogens with two attached hydrogens (primary N) is 1. The van der Waals surface area contributed by atoms with Crippen LogP contribution >= 0.6 is 0 Å². The predicted octanol–water partition coefficient (Wildman–Crippen LogP) is 2.87. The standard InChI is InChI=1S/C13H15F3N4/c1-8(2)11-3-9(5-17)4-12(19-11)20-7-10(6-18-20)13(14,15)16/h3-4,6-8H,5,17H2,1-2H3. The predicted molar refractivity (Wildman–Crippen MR) is 68.3 cm³/mol. The van der Waals surface area contributed by atoms with Crippen molar-refractivity contribution in [3.8, 4) is 5.82 Å². The molecule has 0 aliphatic rings. The minimum atomic E-state index is -4.41. The van der Waals surface area contributed by atoms with Gasteiger partial charge in [-0.3, -0.25) is 0 Å². The van der Waals surface area contributed by atoms with Crippen LogP contribution in [0.25, 0.3) is 5.82 Å². The van der Waals surface area contributed by atoms with Crippen molar-refractivity contribution in [3.63, 3.8) is 0 Å². The van der Waals surface area contributed by atoms with Crippen molar-refractivity contribution in [2.45, 2.75) is 32.5 Å². The van der Waals surface area contributed by atoms with Gasteiger partial charge in [0.05, 0.1) is 11.8 Å². The van der Waals surface area contributed by atoms with Gasteiger partial charge in [-0.15, -0.1) is 0 Å². The highest BCUT2D eigenvalue weighted by Crippen LogP contribution is 2.29. The molecule has 0 aromatic carbocycles. The molecule has 2 aromatic rings. The fourth-order valence-corrected chi connectivity index (χ4v) is 1.72. The monoisotopic (exact) mass is 284 g/mol. The minimum Gasteiger partial charge on any atom is -0.326 e. The number of rotatable bonds is 3. The summed E-state index contributed by atoms with van der Waals surface area (Å²) < 4.78 is 38.8. The van der Waals surface area contributed by atoms with E-state index in [1.54, 1.807) is 6.07 Å². The van der Waals surface area contributed by atoms with Crippen LogP contribution in [0.15, 0.2) is 24.5 Å². The molecule has 2 N–H and O–H groups in total. The molecular formula is C13H15F3N4. The summed E-state index contributed by atoms with van der Waals surface area (Å²) in [5.74, 6) is 0.491. The van der Waals surface area contributed by atoms with Gasteiger partial charge >= 0.3 is 6.18 Å². The Kier molecular flexibility index (Phi) is 3.80. The third-order valence-corrected chi connectivity index (χ3v) is 2.86. The van der Waals surface area contributed by atoms with E-state index in [0.717, 1.165) is 28.3 Å². The number of halogens is 3. The molecule has 20 heavy (non-hydrogen) atoms. The van der Waals surface area contributed by atoms with Crippen LogP contribution in [-0.4, -0.2) is 14.8 Å². The topological polar surface area (TPSA) is 56.7 Å². The van der Waals surface area contributed by atoms with Crippen LogP contribution in [0, 0.1) is 0 Å². The molecule has 0 aliphatic heterocycles. The van der Waals surface area contributed by atoms with E-state index in [2.05, 4.69) is 10.1 Å². The molecule has 0 bridgehead atoms. The van der Waals surface area contributed by atoms with Crippen LogP contribution in [-0.2, 0) is 12.7 Å². The first-order valence-corrected chi connectivity index (χ1v) is 6.14. The van der Waals surface area contributed by atoms with Gasteiger partial charge in [-0.1, -0.05) is 13.8 Å². The molecule has 0 radical (unpaired) electrons. The van der Waals surface area contributed by atoms with E-state index >= 15 is 0 Å². The van der Waals surface area contributed by atoms with Crippen molar-refractivity contribution < 1.29 is 13.2 Å². The molecule has 7 heteroatoms. The average molecular weight is 284 g/mol. The lowest BCUT2D eigenvalue weighted by Gasteiger charge is -2.10. The van der Waals surface area contributed by atoms with Gasteiger partial charge < -0.3 is 5.73 Å². The first kappa shape index (κ1) is 14.5. The van der Waals surface area contributed by atoms with Crippen molar-refractivity contribution >= 4 is 0 Å². The second kappa shape index (κ2) is 5.24. The summed E-state index contributed by atoms with van der Waals surface area (Å²) in [5.41, 5.74) is 6.38. The zero-order chi connectivity index (χ0) is 14.9. The van der Waals surface area contributed by atoms with Gasteiger partial charge in [-0.05, 0) is 23.6 Å². The second-order valence-corrected chi connectivity index (χ2v) is 4.79. The summed E-state index contributed by atoms with van der Waals surface area (Å²) in [4.78, 5) is 4.32. The lowest BCUT2D eigenvalue weighted by Crippen LogP contribution is -2.07. The van der Waals surface area contributed by atoms with Gasteiger partial charge in [0.15, 0.2) is 5.82 Å². The van der Waals surface area contributed by atoms with Crippen molar-refractivity contribution in [3.05, 3.63) is 41.3 Å². The molecule has 0 saturated heterocycles. The smallest absolute Gasteiger partial charge is 0.326 e. The molecule has 0 saturated carbocycles. The summed E-state index contributed by atoms with van der Waals surface area (Å²) in [5, 5.41) is 3.72. The molecule has 2 heterocycles. The van der Waals surface area contributed by atoms with Crippen LogP contribution in [0.2, 0.25) is 0 Å². The Hall–Kier alpha value is -1.89. The Bertz CT molecular complexity index is 602. The summed E-state index contributed by atoms with van der Waals surface area (Å²) >= 11 is 0. The minimum absolute atomic E-state index is 0.151. The zero-order valence-electron chi connectivity index (χ0n) is 11.1.